The van der Waals surface area contributed by atoms with Gasteiger partial charge in [-0.05, 0) is 24.6 Å². The van der Waals surface area contributed by atoms with Crippen molar-refractivity contribution in [2.75, 3.05) is 31.8 Å². The second kappa shape index (κ2) is 7.69. The molecule has 1 aromatic carbocycles. The van der Waals surface area contributed by atoms with Crippen molar-refractivity contribution >= 4 is 43.9 Å². The lowest BCUT2D eigenvalue weighted by molar-refractivity contribution is 0.202. The van der Waals surface area contributed by atoms with Crippen LogP contribution >= 0.6 is 22.9 Å². The maximum Gasteiger partial charge on any atom is 0.323 e. The lowest BCUT2D eigenvalue weighted by Gasteiger charge is -2.14. The number of aromatic nitrogens is 1. The van der Waals surface area contributed by atoms with Gasteiger partial charge in [-0.25, -0.2) is 18.2 Å². The first-order valence-corrected chi connectivity index (χ1v) is 10.3. The van der Waals surface area contributed by atoms with Crippen molar-refractivity contribution in [3.63, 3.8) is 0 Å². The smallest absolute Gasteiger partial charge is 0.323 e. The number of sulfone groups is 1. The summed E-state index contributed by atoms with van der Waals surface area (Å²) in [6.45, 7) is 1.84. The Morgan fingerprint density at radius 2 is 2.12 bits per heavy atom. The molecule has 136 valence electrons. The van der Waals surface area contributed by atoms with E-state index in [0.717, 1.165) is 11.1 Å². The van der Waals surface area contributed by atoms with E-state index in [1.165, 1.54) is 28.4 Å². The highest BCUT2D eigenvalue weighted by Crippen LogP contribution is 2.35. The summed E-state index contributed by atoms with van der Waals surface area (Å²) in [5, 5.41) is 12.1. The summed E-state index contributed by atoms with van der Waals surface area (Å²) in [4.78, 5) is 18.4. The van der Waals surface area contributed by atoms with Crippen LogP contribution in [0.5, 0.6) is 0 Å². The van der Waals surface area contributed by atoms with Gasteiger partial charge in [-0.2, -0.15) is 0 Å². The number of nitrogens with one attached hydrogen (secondary N) is 1. The van der Waals surface area contributed by atoms with Gasteiger partial charge in [0.25, 0.3) is 0 Å². The van der Waals surface area contributed by atoms with E-state index in [9.17, 15) is 13.2 Å². The minimum Gasteiger partial charge on any atom is -0.395 e. The molecule has 0 bridgehead atoms. The fraction of sp³-hybridized carbons (Fsp3) is 0.333. The van der Waals surface area contributed by atoms with E-state index in [2.05, 4.69) is 10.3 Å². The minimum atomic E-state index is -3.45. The normalized spacial score (nSPS) is 11.4. The molecule has 10 heteroatoms. The molecule has 0 unspecified atom stereocenters. The number of carbonyl (C=O) groups excluding carboxylic acids is 1. The van der Waals surface area contributed by atoms with E-state index >= 15 is 0 Å². The van der Waals surface area contributed by atoms with E-state index in [-0.39, 0.29) is 29.1 Å². The molecule has 25 heavy (non-hydrogen) atoms. The maximum absolute atomic E-state index is 12.0. The molecule has 0 aliphatic heterocycles. The molecule has 2 N–H and O–H groups in total. The largest absolute Gasteiger partial charge is 0.395 e. The fourth-order valence-corrected chi connectivity index (χ4v) is 4.34. The number of amides is 2. The minimum absolute atomic E-state index is 0.0488. The summed E-state index contributed by atoms with van der Waals surface area (Å²) in [5.41, 5.74) is 1.32. The van der Waals surface area contributed by atoms with Crippen LogP contribution in [0.2, 0.25) is 5.02 Å². The van der Waals surface area contributed by atoms with Crippen LogP contribution in [0.1, 0.15) is 5.69 Å². The molecule has 2 amide bonds. The van der Waals surface area contributed by atoms with E-state index in [4.69, 9.17) is 16.7 Å². The molecular formula is C15H18ClN3O4S2. The van der Waals surface area contributed by atoms with Crippen molar-refractivity contribution in [2.24, 2.45) is 0 Å². The molecule has 1 aromatic heterocycles. The van der Waals surface area contributed by atoms with Gasteiger partial charge in [0.05, 0.1) is 27.1 Å². The van der Waals surface area contributed by atoms with Crippen molar-refractivity contribution in [1.82, 2.24) is 9.88 Å². The van der Waals surface area contributed by atoms with Crippen LogP contribution in [-0.4, -0.2) is 55.9 Å². The van der Waals surface area contributed by atoms with Gasteiger partial charge in [0.15, 0.2) is 15.0 Å². The Labute approximate surface area is 155 Å². The number of carbonyl (C=O) groups is 1. The molecule has 2 rings (SSSR count). The number of aliphatic hydroxyl groups is 1. The Morgan fingerprint density at radius 3 is 2.72 bits per heavy atom. The summed E-state index contributed by atoms with van der Waals surface area (Å²) in [5.74, 6) is 0. The van der Waals surface area contributed by atoms with Gasteiger partial charge in [0.2, 0.25) is 0 Å². The lowest BCUT2D eigenvalue weighted by atomic mass is 10.2. The third-order valence-corrected chi connectivity index (χ3v) is 6.09. The van der Waals surface area contributed by atoms with E-state index in [1.54, 1.807) is 20.0 Å². The van der Waals surface area contributed by atoms with Crippen LogP contribution in [0.4, 0.5) is 9.93 Å². The Hall–Kier alpha value is -1.68. The van der Waals surface area contributed by atoms with Crippen molar-refractivity contribution < 1.29 is 18.3 Å². The molecule has 0 fully saturated rings. The molecule has 0 saturated heterocycles. The molecule has 0 atom stereocenters. The van der Waals surface area contributed by atoms with Crippen molar-refractivity contribution in [3.05, 3.63) is 28.9 Å². The molecule has 7 nitrogen and oxygen atoms in total. The Kier molecular flexibility index (Phi) is 6.04. The van der Waals surface area contributed by atoms with Gasteiger partial charge in [-0.1, -0.05) is 29.0 Å². The summed E-state index contributed by atoms with van der Waals surface area (Å²) >= 11 is 7.20. The zero-order valence-corrected chi connectivity index (χ0v) is 16.3. The number of anilines is 1. The van der Waals surface area contributed by atoms with Crippen molar-refractivity contribution in [1.29, 1.82) is 0 Å². The Morgan fingerprint density at radius 1 is 1.44 bits per heavy atom. The third-order valence-electron chi connectivity index (χ3n) is 3.39. The molecule has 0 radical (unpaired) electrons. The number of urea groups is 1. The molecule has 2 aromatic rings. The van der Waals surface area contributed by atoms with Gasteiger partial charge >= 0.3 is 6.03 Å². The number of aryl methyl sites for hydroxylation is 1. The standard InChI is InChI=1S/C15H18ClN3O4S2/c1-9-13(10-4-5-11(16)12(8-10)25(3,22)23)24-14(17-9)18-15(21)19(2)6-7-20/h4-5,8,20H,6-7H2,1-3H3,(H,17,18,21). The van der Waals surface area contributed by atoms with Crippen molar-refractivity contribution in [3.8, 4) is 10.4 Å². The Balaban J connectivity index is 2.33. The summed E-state index contributed by atoms with van der Waals surface area (Å²) in [7, 11) is -1.89. The van der Waals surface area contributed by atoms with Crippen LogP contribution in [-0.2, 0) is 9.84 Å². The Bertz CT molecular complexity index is 896. The molecule has 0 aliphatic carbocycles. The third kappa shape index (κ3) is 4.69. The highest BCUT2D eigenvalue weighted by atomic mass is 35.5. The van der Waals surface area contributed by atoms with Gasteiger partial charge < -0.3 is 10.0 Å². The molecule has 0 aliphatic rings. The van der Waals surface area contributed by atoms with E-state index in [0.29, 0.717) is 16.4 Å². The van der Waals surface area contributed by atoms with Crippen LogP contribution < -0.4 is 5.32 Å². The average molecular weight is 404 g/mol. The van der Waals surface area contributed by atoms with Gasteiger partial charge in [0.1, 0.15) is 0 Å². The first-order valence-electron chi connectivity index (χ1n) is 7.24. The van der Waals surface area contributed by atoms with E-state index < -0.39 is 9.84 Å². The number of thiazole rings is 1. The van der Waals surface area contributed by atoms with Crippen LogP contribution in [0.25, 0.3) is 10.4 Å². The summed E-state index contributed by atoms with van der Waals surface area (Å²) in [6.07, 6.45) is 1.10. The van der Waals surface area contributed by atoms with Gasteiger partial charge in [-0.15, -0.1) is 0 Å². The number of rotatable bonds is 5. The lowest BCUT2D eigenvalue weighted by Crippen LogP contribution is -2.33. The number of hydrogen-bond donors (Lipinski definition) is 2. The number of halogens is 1. The topological polar surface area (TPSA) is 99.6 Å². The van der Waals surface area contributed by atoms with Gasteiger partial charge in [-0.3, -0.25) is 5.32 Å². The number of benzene rings is 1. The zero-order valence-electron chi connectivity index (χ0n) is 13.9. The number of hydrogen-bond acceptors (Lipinski definition) is 6. The van der Waals surface area contributed by atoms with Crippen LogP contribution in [0, 0.1) is 6.92 Å². The average Bonchev–Trinajstić information content (AvgIpc) is 2.87. The van der Waals surface area contributed by atoms with Gasteiger partial charge in [0, 0.05) is 19.8 Å². The highest BCUT2D eigenvalue weighted by molar-refractivity contribution is 7.90. The quantitative estimate of drug-likeness (QED) is 0.799. The molecule has 0 saturated carbocycles. The van der Waals surface area contributed by atoms with E-state index in [1.807, 2.05) is 0 Å². The predicted octanol–water partition coefficient (Wildman–Crippen LogP) is 2.63. The first kappa shape index (κ1) is 19.6. The second-order valence-electron chi connectivity index (χ2n) is 5.43. The van der Waals surface area contributed by atoms with Crippen molar-refractivity contribution in [2.45, 2.75) is 11.8 Å². The molecule has 0 spiro atoms. The summed E-state index contributed by atoms with van der Waals surface area (Å²) in [6, 6.07) is 4.35. The predicted molar refractivity (Wildman–Crippen MR) is 99.1 cm³/mol. The number of aliphatic hydroxyl groups excluding tert-OH is 1. The number of nitrogens with zero attached hydrogens (tertiary/aromatic N) is 2. The number of likely N-dealkylation sites (N-methyl/N-ethyl adjacent to an activating group) is 1. The highest BCUT2D eigenvalue weighted by Gasteiger charge is 2.18. The molecule has 1 heterocycles. The SMILES string of the molecule is Cc1nc(NC(=O)N(C)CCO)sc1-c1ccc(Cl)c(S(C)(=O)=O)c1. The fourth-order valence-electron chi connectivity index (χ4n) is 2.08. The monoisotopic (exact) mass is 403 g/mol. The molecular weight excluding hydrogens is 386 g/mol. The van der Waals surface area contributed by atoms with Crippen LogP contribution in [0.3, 0.4) is 0 Å². The first-order chi connectivity index (χ1) is 11.6. The maximum atomic E-state index is 12.0. The second-order valence-corrected chi connectivity index (χ2v) is 8.82. The summed E-state index contributed by atoms with van der Waals surface area (Å²) < 4.78 is 23.7. The zero-order chi connectivity index (χ0) is 18.8. The van der Waals surface area contributed by atoms with Crippen LogP contribution in [0.15, 0.2) is 23.1 Å².